The molecule has 0 radical (unpaired) electrons. The number of aromatic nitrogens is 1. The monoisotopic (exact) mass is 288 g/mol. The largest absolute Gasteiger partial charge is 0.489 e. The van der Waals surface area contributed by atoms with Crippen molar-refractivity contribution in [3.05, 3.63) is 65.5 Å². The van der Waals surface area contributed by atoms with Crippen molar-refractivity contribution in [2.24, 2.45) is 0 Å². The summed E-state index contributed by atoms with van der Waals surface area (Å²) in [6.45, 7) is 6.77. The lowest BCUT2D eigenvalue weighted by Gasteiger charge is -2.13. The fourth-order valence-corrected chi connectivity index (χ4v) is 2.13. The molecule has 0 unspecified atom stereocenters. The molecule has 1 aromatic carbocycles. The highest BCUT2D eigenvalue weighted by molar-refractivity contribution is 6.32. The van der Waals surface area contributed by atoms with Crippen LogP contribution in [0.1, 0.15) is 11.1 Å². The van der Waals surface area contributed by atoms with Gasteiger partial charge in [0, 0.05) is 18.3 Å². The Labute approximate surface area is 124 Å². The van der Waals surface area contributed by atoms with Gasteiger partial charge in [-0.2, -0.15) is 0 Å². The molecule has 0 saturated carbocycles. The Morgan fingerprint density at radius 2 is 2.15 bits per heavy atom. The van der Waals surface area contributed by atoms with Crippen molar-refractivity contribution in [2.75, 3.05) is 11.9 Å². The highest BCUT2D eigenvalue weighted by Crippen LogP contribution is 2.25. The zero-order valence-corrected chi connectivity index (χ0v) is 12.2. The van der Waals surface area contributed by atoms with Crippen molar-refractivity contribution < 1.29 is 4.74 Å². The van der Waals surface area contributed by atoms with Gasteiger partial charge in [-0.1, -0.05) is 42.5 Å². The van der Waals surface area contributed by atoms with Gasteiger partial charge in [0.25, 0.3) is 0 Å². The second kappa shape index (κ2) is 6.96. The molecule has 3 nitrogen and oxygen atoms in total. The van der Waals surface area contributed by atoms with Gasteiger partial charge in [0.2, 0.25) is 0 Å². The van der Waals surface area contributed by atoms with E-state index in [0.717, 1.165) is 22.6 Å². The predicted octanol–water partition coefficient (Wildman–Crippen LogP) is 4.22. The first-order chi connectivity index (χ1) is 9.72. The second-order valence-corrected chi connectivity index (χ2v) is 4.71. The second-order valence-electron chi connectivity index (χ2n) is 4.35. The third kappa shape index (κ3) is 3.52. The highest BCUT2D eigenvalue weighted by Gasteiger charge is 2.07. The molecular formula is C16H17ClN2O. The van der Waals surface area contributed by atoms with Crippen LogP contribution in [0.2, 0.25) is 5.15 Å². The third-order valence-electron chi connectivity index (χ3n) is 2.90. The Hall–Kier alpha value is -2.00. The number of hydrogen-bond donors (Lipinski definition) is 1. The summed E-state index contributed by atoms with van der Waals surface area (Å²) in [7, 11) is 0. The van der Waals surface area contributed by atoms with Crippen LogP contribution in [0.25, 0.3) is 0 Å². The zero-order chi connectivity index (χ0) is 14.4. The normalized spacial score (nSPS) is 10.1. The van der Waals surface area contributed by atoms with Crippen LogP contribution in [0.3, 0.4) is 0 Å². The molecule has 0 saturated heterocycles. The summed E-state index contributed by atoms with van der Waals surface area (Å²) in [5, 5.41) is 3.80. The lowest BCUT2D eigenvalue weighted by atomic mass is 10.2. The van der Waals surface area contributed by atoms with Crippen LogP contribution in [0.4, 0.5) is 5.69 Å². The molecule has 0 bridgehead atoms. The lowest BCUT2D eigenvalue weighted by Crippen LogP contribution is -2.05. The van der Waals surface area contributed by atoms with Crippen LogP contribution in [-0.2, 0) is 6.54 Å². The summed E-state index contributed by atoms with van der Waals surface area (Å²) >= 11 is 6.10. The van der Waals surface area contributed by atoms with Crippen LogP contribution in [0.15, 0.2) is 49.2 Å². The van der Waals surface area contributed by atoms with E-state index in [1.807, 2.05) is 37.3 Å². The van der Waals surface area contributed by atoms with E-state index in [1.165, 1.54) is 0 Å². The van der Waals surface area contributed by atoms with E-state index in [1.54, 1.807) is 12.3 Å². The average molecular weight is 289 g/mol. The minimum atomic E-state index is 0.481. The quantitative estimate of drug-likeness (QED) is 0.638. The molecule has 0 aliphatic rings. The van der Waals surface area contributed by atoms with Crippen LogP contribution < -0.4 is 10.1 Å². The molecule has 0 aliphatic heterocycles. The molecule has 104 valence electrons. The molecule has 1 N–H and O–H groups in total. The smallest absolute Gasteiger partial charge is 0.152 e. The standard InChI is InChI=1S/C16H17ClN2O/c1-3-10-20-14-7-5-4-6-13(14)11-19-15-12(2)8-9-18-16(15)17/h3-9,19H,1,10-11H2,2H3. The van der Waals surface area contributed by atoms with E-state index >= 15 is 0 Å². The fourth-order valence-electron chi connectivity index (χ4n) is 1.86. The molecule has 0 fully saturated rings. The Kier molecular flexibility index (Phi) is 5.02. The number of para-hydroxylation sites is 1. The molecule has 1 aromatic heterocycles. The Morgan fingerprint density at radius 3 is 2.90 bits per heavy atom. The lowest BCUT2D eigenvalue weighted by molar-refractivity contribution is 0.359. The number of anilines is 1. The van der Waals surface area contributed by atoms with Crippen molar-refractivity contribution in [1.29, 1.82) is 0 Å². The molecule has 0 aliphatic carbocycles. The number of ether oxygens (including phenoxy) is 1. The number of nitrogens with zero attached hydrogens (tertiary/aromatic N) is 1. The summed E-state index contributed by atoms with van der Waals surface area (Å²) in [5.41, 5.74) is 2.98. The number of nitrogens with one attached hydrogen (secondary N) is 1. The maximum absolute atomic E-state index is 6.10. The van der Waals surface area contributed by atoms with Gasteiger partial charge < -0.3 is 10.1 Å². The van der Waals surface area contributed by atoms with Gasteiger partial charge in [0.15, 0.2) is 5.15 Å². The zero-order valence-electron chi connectivity index (χ0n) is 11.4. The van der Waals surface area contributed by atoms with E-state index in [9.17, 15) is 0 Å². The molecule has 20 heavy (non-hydrogen) atoms. The van der Waals surface area contributed by atoms with E-state index in [2.05, 4.69) is 16.9 Å². The van der Waals surface area contributed by atoms with E-state index in [0.29, 0.717) is 18.3 Å². The summed E-state index contributed by atoms with van der Waals surface area (Å²) in [6.07, 6.45) is 3.43. The fraction of sp³-hybridized carbons (Fsp3) is 0.188. The molecule has 0 atom stereocenters. The first kappa shape index (κ1) is 14.4. The van der Waals surface area contributed by atoms with E-state index in [4.69, 9.17) is 16.3 Å². The van der Waals surface area contributed by atoms with Crippen molar-refractivity contribution >= 4 is 17.3 Å². The number of hydrogen-bond acceptors (Lipinski definition) is 3. The molecule has 0 spiro atoms. The van der Waals surface area contributed by atoms with Crippen LogP contribution >= 0.6 is 11.6 Å². The Morgan fingerprint density at radius 1 is 1.35 bits per heavy atom. The van der Waals surface area contributed by atoms with Gasteiger partial charge in [0.05, 0.1) is 5.69 Å². The van der Waals surface area contributed by atoms with Crippen LogP contribution in [0, 0.1) is 6.92 Å². The van der Waals surface area contributed by atoms with E-state index in [-0.39, 0.29) is 0 Å². The van der Waals surface area contributed by atoms with Gasteiger partial charge in [-0.3, -0.25) is 0 Å². The van der Waals surface area contributed by atoms with Gasteiger partial charge >= 0.3 is 0 Å². The number of rotatable bonds is 6. The van der Waals surface area contributed by atoms with Crippen molar-refractivity contribution in [2.45, 2.75) is 13.5 Å². The molecule has 2 aromatic rings. The SMILES string of the molecule is C=CCOc1ccccc1CNc1c(C)ccnc1Cl. The van der Waals surface area contributed by atoms with Crippen LogP contribution in [0.5, 0.6) is 5.75 Å². The summed E-state index contributed by atoms with van der Waals surface area (Å²) < 4.78 is 5.63. The number of aryl methyl sites for hydroxylation is 1. The average Bonchev–Trinajstić information content (AvgIpc) is 2.45. The van der Waals surface area contributed by atoms with Gasteiger partial charge in [-0.15, -0.1) is 0 Å². The predicted molar refractivity (Wildman–Crippen MR) is 83.4 cm³/mol. The molecule has 1 heterocycles. The first-order valence-corrected chi connectivity index (χ1v) is 6.76. The minimum Gasteiger partial charge on any atom is -0.489 e. The summed E-state index contributed by atoms with van der Waals surface area (Å²) in [6, 6.07) is 9.82. The molecule has 2 rings (SSSR count). The minimum absolute atomic E-state index is 0.481. The van der Waals surface area contributed by atoms with Crippen LogP contribution in [-0.4, -0.2) is 11.6 Å². The molecular weight excluding hydrogens is 272 g/mol. The number of halogens is 1. The van der Waals surface area contributed by atoms with Crippen molar-refractivity contribution in [3.63, 3.8) is 0 Å². The topological polar surface area (TPSA) is 34.1 Å². The maximum Gasteiger partial charge on any atom is 0.152 e. The van der Waals surface area contributed by atoms with Gasteiger partial charge in [-0.05, 0) is 24.6 Å². The third-order valence-corrected chi connectivity index (χ3v) is 3.18. The Balaban J connectivity index is 2.13. The summed E-state index contributed by atoms with van der Waals surface area (Å²) in [4.78, 5) is 4.08. The van der Waals surface area contributed by atoms with Gasteiger partial charge in [-0.25, -0.2) is 4.98 Å². The van der Waals surface area contributed by atoms with E-state index < -0.39 is 0 Å². The van der Waals surface area contributed by atoms with Crippen molar-refractivity contribution in [1.82, 2.24) is 4.98 Å². The van der Waals surface area contributed by atoms with Crippen molar-refractivity contribution in [3.8, 4) is 5.75 Å². The highest BCUT2D eigenvalue weighted by atomic mass is 35.5. The molecule has 4 heteroatoms. The Bertz CT molecular complexity index is 579. The first-order valence-electron chi connectivity index (χ1n) is 6.39. The maximum atomic E-state index is 6.10. The number of pyridine rings is 1. The number of benzene rings is 1. The van der Waals surface area contributed by atoms with Gasteiger partial charge in [0.1, 0.15) is 12.4 Å². The molecule has 0 amide bonds. The summed E-state index contributed by atoms with van der Waals surface area (Å²) in [5.74, 6) is 0.845.